The first kappa shape index (κ1) is 18.6. The van der Waals surface area contributed by atoms with Crippen molar-refractivity contribution in [3.8, 4) is 17.6 Å². The molecule has 24 heavy (non-hydrogen) atoms. The van der Waals surface area contributed by atoms with Gasteiger partial charge in [0.1, 0.15) is 12.4 Å². The van der Waals surface area contributed by atoms with Crippen LogP contribution < -0.4 is 9.46 Å². The van der Waals surface area contributed by atoms with Crippen LogP contribution in [0.2, 0.25) is 10.0 Å². The standard InChI is InChI=1S/C17H15Cl2NO3S/c18-15-9-7-14(8-10-15)13-24(21,22)20-11-3-4-12-23-17-6-2-1-5-16(17)19/h1-2,5-10,20H,11-13H2. The van der Waals surface area contributed by atoms with Crippen molar-refractivity contribution in [2.24, 2.45) is 0 Å². The van der Waals surface area contributed by atoms with Crippen molar-refractivity contribution in [1.29, 1.82) is 0 Å². The zero-order chi connectivity index (χ0) is 17.4. The molecule has 0 spiro atoms. The van der Waals surface area contributed by atoms with Crippen LogP contribution in [0, 0.1) is 11.8 Å². The number of halogens is 2. The molecule has 2 rings (SSSR count). The fourth-order valence-corrected chi connectivity index (χ4v) is 3.13. The van der Waals surface area contributed by atoms with Gasteiger partial charge in [0.25, 0.3) is 0 Å². The predicted molar refractivity (Wildman–Crippen MR) is 96.8 cm³/mol. The Balaban J connectivity index is 1.77. The summed E-state index contributed by atoms with van der Waals surface area (Å²) in [6.07, 6.45) is 0. The molecule has 0 fully saturated rings. The molecule has 0 aliphatic heterocycles. The molecule has 0 aliphatic rings. The smallest absolute Gasteiger partial charge is 0.216 e. The maximum absolute atomic E-state index is 11.9. The third kappa shape index (κ3) is 6.42. The van der Waals surface area contributed by atoms with Gasteiger partial charge in [-0.3, -0.25) is 0 Å². The lowest BCUT2D eigenvalue weighted by molar-refractivity contribution is 0.370. The highest BCUT2D eigenvalue weighted by molar-refractivity contribution is 7.88. The van der Waals surface area contributed by atoms with E-state index in [1.165, 1.54) is 0 Å². The molecule has 126 valence electrons. The summed E-state index contributed by atoms with van der Waals surface area (Å²) < 4.78 is 31.6. The zero-order valence-electron chi connectivity index (χ0n) is 12.6. The summed E-state index contributed by atoms with van der Waals surface area (Å²) in [6, 6.07) is 13.7. The Morgan fingerprint density at radius 3 is 2.42 bits per heavy atom. The van der Waals surface area contributed by atoms with E-state index in [-0.39, 0.29) is 18.9 Å². The van der Waals surface area contributed by atoms with Gasteiger partial charge in [-0.25, -0.2) is 13.1 Å². The number of sulfonamides is 1. The SMILES string of the molecule is O=S(=O)(Cc1ccc(Cl)cc1)NCC#CCOc1ccccc1Cl. The minimum atomic E-state index is -3.45. The van der Waals surface area contributed by atoms with Crippen LogP contribution in [-0.2, 0) is 15.8 Å². The monoisotopic (exact) mass is 383 g/mol. The molecule has 0 saturated heterocycles. The van der Waals surface area contributed by atoms with Crippen molar-refractivity contribution >= 4 is 33.2 Å². The van der Waals surface area contributed by atoms with Crippen molar-refractivity contribution in [3.05, 3.63) is 64.1 Å². The molecule has 0 amide bonds. The van der Waals surface area contributed by atoms with Crippen molar-refractivity contribution in [2.75, 3.05) is 13.2 Å². The highest BCUT2D eigenvalue weighted by Gasteiger charge is 2.09. The average molecular weight is 384 g/mol. The number of rotatable bonds is 6. The van der Waals surface area contributed by atoms with Crippen LogP contribution in [0.25, 0.3) is 0 Å². The lowest BCUT2D eigenvalue weighted by Gasteiger charge is -2.04. The summed E-state index contributed by atoms with van der Waals surface area (Å²) >= 11 is 11.7. The van der Waals surface area contributed by atoms with Gasteiger partial charge >= 0.3 is 0 Å². The van der Waals surface area contributed by atoms with E-state index in [1.807, 2.05) is 0 Å². The zero-order valence-corrected chi connectivity index (χ0v) is 15.0. The average Bonchev–Trinajstić information content (AvgIpc) is 2.54. The molecule has 7 heteroatoms. The number of ether oxygens (including phenoxy) is 1. The Labute approximate surface area is 151 Å². The molecule has 1 N–H and O–H groups in total. The first-order chi connectivity index (χ1) is 11.5. The molecule has 0 saturated carbocycles. The second-order valence-electron chi connectivity index (χ2n) is 4.78. The molecule has 0 heterocycles. The van der Waals surface area contributed by atoms with Gasteiger partial charge in [0.15, 0.2) is 0 Å². The molecule has 0 aliphatic carbocycles. The third-order valence-electron chi connectivity index (χ3n) is 2.91. The van der Waals surface area contributed by atoms with Gasteiger partial charge < -0.3 is 4.74 Å². The second-order valence-corrected chi connectivity index (χ2v) is 7.43. The molecule has 4 nitrogen and oxygen atoms in total. The Morgan fingerprint density at radius 2 is 1.71 bits per heavy atom. The molecule has 0 bridgehead atoms. The molecular formula is C17H15Cl2NO3S. The van der Waals surface area contributed by atoms with Crippen LogP contribution in [0.3, 0.4) is 0 Å². The van der Waals surface area contributed by atoms with Crippen LogP contribution in [0.4, 0.5) is 0 Å². The first-order valence-electron chi connectivity index (χ1n) is 7.01. The van der Waals surface area contributed by atoms with Crippen molar-refractivity contribution in [2.45, 2.75) is 5.75 Å². The van der Waals surface area contributed by atoms with Crippen molar-refractivity contribution in [3.63, 3.8) is 0 Å². The van der Waals surface area contributed by atoms with E-state index in [2.05, 4.69) is 16.6 Å². The summed E-state index contributed by atoms with van der Waals surface area (Å²) in [5, 5.41) is 1.07. The molecule has 0 aromatic heterocycles. The van der Waals surface area contributed by atoms with E-state index >= 15 is 0 Å². The Hall–Kier alpha value is -1.71. The fraction of sp³-hybridized carbons (Fsp3) is 0.176. The van der Waals surface area contributed by atoms with Crippen molar-refractivity contribution in [1.82, 2.24) is 4.72 Å². The third-order valence-corrected chi connectivity index (χ3v) is 4.77. The Morgan fingerprint density at radius 1 is 1.00 bits per heavy atom. The molecule has 0 radical (unpaired) electrons. The first-order valence-corrected chi connectivity index (χ1v) is 9.42. The topological polar surface area (TPSA) is 55.4 Å². The van der Waals surface area contributed by atoms with E-state index in [0.29, 0.717) is 21.4 Å². The van der Waals surface area contributed by atoms with Gasteiger partial charge in [-0.1, -0.05) is 59.3 Å². The van der Waals surface area contributed by atoms with E-state index in [0.717, 1.165) is 0 Å². The second kappa shape index (κ2) is 8.95. The van der Waals surface area contributed by atoms with Gasteiger partial charge in [-0.2, -0.15) is 0 Å². The summed E-state index contributed by atoms with van der Waals surface area (Å²) in [4.78, 5) is 0. The predicted octanol–water partition coefficient (Wildman–Crippen LogP) is 3.50. The summed E-state index contributed by atoms with van der Waals surface area (Å²) in [6.45, 7) is 0.143. The van der Waals surface area contributed by atoms with Gasteiger partial charge in [-0.05, 0) is 29.8 Å². The van der Waals surface area contributed by atoms with Crippen LogP contribution in [-0.4, -0.2) is 21.6 Å². The number of para-hydroxylation sites is 1. The highest BCUT2D eigenvalue weighted by atomic mass is 35.5. The van der Waals surface area contributed by atoms with E-state index in [9.17, 15) is 8.42 Å². The number of benzene rings is 2. The highest BCUT2D eigenvalue weighted by Crippen LogP contribution is 2.22. The summed E-state index contributed by atoms with van der Waals surface area (Å²) in [5.41, 5.74) is 0.655. The van der Waals surface area contributed by atoms with Gasteiger partial charge in [0, 0.05) is 5.02 Å². The van der Waals surface area contributed by atoms with Crippen LogP contribution in [0.15, 0.2) is 48.5 Å². The van der Waals surface area contributed by atoms with Crippen LogP contribution >= 0.6 is 23.2 Å². The molecule has 0 atom stereocenters. The van der Waals surface area contributed by atoms with E-state index in [4.69, 9.17) is 27.9 Å². The number of hydrogen-bond acceptors (Lipinski definition) is 3. The Kier molecular flexibility index (Phi) is 6.95. The fourth-order valence-electron chi connectivity index (χ4n) is 1.79. The molecule has 0 unspecified atom stereocenters. The van der Waals surface area contributed by atoms with Gasteiger partial charge in [0.2, 0.25) is 10.0 Å². The molecule has 2 aromatic carbocycles. The maximum Gasteiger partial charge on any atom is 0.216 e. The van der Waals surface area contributed by atoms with Gasteiger partial charge in [-0.15, -0.1) is 0 Å². The number of nitrogens with one attached hydrogen (secondary N) is 1. The van der Waals surface area contributed by atoms with E-state index in [1.54, 1.807) is 48.5 Å². The number of hydrogen-bond donors (Lipinski definition) is 1. The van der Waals surface area contributed by atoms with Gasteiger partial charge in [0.05, 0.1) is 17.3 Å². The summed E-state index contributed by atoms with van der Waals surface area (Å²) in [7, 11) is -3.45. The maximum atomic E-state index is 11.9. The minimum Gasteiger partial charge on any atom is -0.479 e. The lowest BCUT2D eigenvalue weighted by atomic mass is 10.2. The van der Waals surface area contributed by atoms with Crippen molar-refractivity contribution < 1.29 is 13.2 Å². The molecular weight excluding hydrogens is 369 g/mol. The quantitative estimate of drug-likeness (QED) is 0.776. The van der Waals surface area contributed by atoms with E-state index < -0.39 is 10.0 Å². The largest absolute Gasteiger partial charge is 0.479 e. The van der Waals surface area contributed by atoms with Crippen LogP contribution in [0.5, 0.6) is 5.75 Å². The lowest BCUT2D eigenvalue weighted by Crippen LogP contribution is -2.25. The minimum absolute atomic E-state index is 0.0157. The Bertz CT molecular complexity index is 840. The summed E-state index contributed by atoms with van der Waals surface area (Å²) in [5.74, 6) is 5.84. The van der Waals surface area contributed by atoms with Crippen LogP contribution in [0.1, 0.15) is 5.56 Å². The normalized spacial score (nSPS) is 10.8. The molecule has 2 aromatic rings.